The predicted molar refractivity (Wildman–Crippen MR) is 88.2 cm³/mol. The molecule has 2 rings (SSSR count). The van der Waals surface area contributed by atoms with Crippen molar-refractivity contribution in [1.82, 2.24) is 5.32 Å². The second kappa shape index (κ2) is 6.46. The molecule has 20 heavy (non-hydrogen) atoms. The van der Waals surface area contributed by atoms with Crippen molar-refractivity contribution >= 4 is 21.6 Å². The number of hydrogen-bond acceptors (Lipinski definition) is 3. The molecule has 0 spiro atoms. The highest BCUT2D eigenvalue weighted by Gasteiger charge is 2.27. The molecule has 0 saturated carbocycles. The molecule has 1 fully saturated rings. The lowest BCUT2D eigenvalue weighted by Crippen LogP contribution is -2.42. The summed E-state index contributed by atoms with van der Waals surface area (Å²) >= 11 is 3.69. The second-order valence-corrected chi connectivity index (χ2v) is 7.16. The maximum atomic E-state index is 10.0. The van der Waals surface area contributed by atoms with Gasteiger partial charge in [0, 0.05) is 30.1 Å². The molecule has 1 saturated heterocycles. The number of anilines is 1. The van der Waals surface area contributed by atoms with E-state index in [1.54, 1.807) is 0 Å². The van der Waals surface area contributed by atoms with Gasteiger partial charge in [0.2, 0.25) is 0 Å². The van der Waals surface area contributed by atoms with Crippen LogP contribution in [0.2, 0.25) is 0 Å². The summed E-state index contributed by atoms with van der Waals surface area (Å²) < 4.78 is 1.14. The van der Waals surface area contributed by atoms with Gasteiger partial charge in [-0.15, -0.1) is 0 Å². The molecule has 0 radical (unpaired) electrons. The first-order chi connectivity index (χ1) is 9.37. The standard InChI is InChI=1S/C16H25BrN2O/c1-12(2)18-11-13-4-5-15(14(17)10-13)19-8-6-16(3,20)7-9-19/h4-5,10,12,18,20H,6-9,11H2,1-3H3. The Kier molecular flexibility index (Phi) is 5.10. The molecule has 3 nitrogen and oxygen atoms in total. The molecule has 0 aromatic heterocycles. The number of benzene rings is 1. The summed E-state index contributed by atoms with van der Waals surface area (Å²) in [5.41, 5.74) is 2.02. The van der Waals surface area contributed by atoms with Crippen molar-refractivity contribution in [3.63, 3.8) is 0 Å². The highest BCUT2D eigenvalue weighted by Crippen LogP contribution is 2.31. The van der Waals surface area contributed by atoms with Gasteiger partial charge in [0.25, 0.3) is 0 Å². The smallest absolute Gasteiger partial charge is 0.0653 e. The number of hydrogen-bond donors (Lipinski definition) is 2. The molecular formula is C16H25BrN2O. The molecule has 0 bridgehead atoms. The molecule has 0 unspecified atom stereocenters. The number of piperidine rings is 1. The maximum absolute atomic E-state index is 10.0. The van der Waals surface area contributed by atoms with E-state index in [9.17, 15) is 5.11 Å². The summed E-state index contributed by atoms with van der Waals surface area (Å²) in [6.07, 6.45) is 1.66. The van der Waals surface area contributed by atoms with Crippen molar-refractivity contribution in [1.29, 1.82) is 0 Å². The van der Waals surface area contributed by atoms with Crippen LogP contribution < -0.4 is 10.2 Å². The number of aliphatic hydroxyl groups is 1. The molecule has 0 aliphatic carbocycles. The summed E-state index contributed by atoms with van der Waals surface area (Å²) in [5.74, 6) is 0. The lowest BCUT2D eigenvalue weighted by atomic mass is 9.93. The molecule has 4 heteroatoms. The van der Waals surface area contributed by atoms with Crippen LogP contribution in [0.5, 0.6) is 0 Å². The lowest BCUT2D eigenvalue weighted by molar-refractivity contribution is 0.0351. The van der Waals surface area contributed by atoms with Crippen LogP contribution in [-0.4, -0.2) is 29.8 Å². The Hall–Kier alpha value is -0.580. The van der Waals surface area contributed by atoms with Gasteiger partial charge < -0.3 is 15.3 Å². The van der Waals surface area contributed by atoms with Gasteiger partial charge in [-0.25, -0.2) is 0 Å². The van der Waals surface area contributed by atoms with E-state index in [-0.39, 0.29) is 0 Å². The molecule has 1 heterocycles. The van der Waals surface area contributed by atoms with Crippen LogP contribution in [-0.2, 0) is 6.54 Å². The zero-order chi connectivity index (χ0) is 14.8. The Balaban J connectivity index is 2.03. The SMILES string of the molecule is CC(C)NCc1ccc(N2CCC(C)(O)CC2)c(Br)c1. The third kappa shape index (κ3) is 4.21. The molecule has 0 atom stereocenters. The van der Waals surface area contributed by atoms with Gasteiger partial charge in [-0.2, -0.15) is 0 Å². The van der Waals surface area contributed by atoms with E-state index in [1.807, 2.05) is 6.92 Å². The summed E-state index contributed by atoms with van der Waals surface area (Å²) in [7, 11) is 0. The summed E-state index contributed by atoms with van der Waals surface area (Å²) in [6, 6.07) is 7.05. The fourth-order valence-corrected chi connectivity index (χ4v) is 3.15. The van der Waals surface area contributed by atoms with E-state index in [0.29, 0.717) is 6.04 Å². The van der Waals surface area contributed by atoms with E-state index in [1.165, 1.54) is 11.3 Å². The molecule has 1 aromatic rings. The fourth-order valence-electron chi connectivity index (χ4n) is 2.47. The van der Waals surface area contributed by atoms with Gasteiger partial charge in [-0.3, -0.25) is 0 Å². The Bertz CT molecular complexity index is 450. The van der Waals surface area contributed by atoms with Crippen LogP contribution >= 0.6 is 15.9 Å². The maximum Gasteiger partial charge on any atom is 0.0653 e. The van der Waals surface area contributed by atoms with Crippen LogP contribution in [0.25, 0.3) is 0 Å². The molecule has 1 aromatic carbocycles. The average Bonchev–Trinajstić information content (AvgIpc) is 2.37. The van der Waals surface area contributed by atoms with Crippen LogP contribution in [0.1, 0.15) is 39.2 Å². The fraction of sp³-hybridized carbons (Fsp3) is 0.625. The lowest BCUT2D eigenvalue weighted by Gasteiger charge is -2.37. The van der Waals surface area contributed by atoms with Crippen molar-refractivity contribution in [2.75, 3.05) is 18.0 Å². The van der Waals surface area contributed by atoms with Gasteiger partial charge in [0.15, 0.2) is 0 Å². The largest absolute Gasteiger partial charge is 0.390 e. The summed E-state index contributed by atoms with van der Waals surface area (Å²) in [6.45, 7) is 8.96. The quantitative estimate of drug-likeness (QED) is 0.882. The third-order valence-electron chi connectivity index (χ3n) is 3.91. The Morgan fingerprint density at radius 1 is 1.35 bits per heavy atom. The van der Waals surface area contributed by atoms with Crippen LogP contribution in [0.4, 0.5) is 5.69 Å². The van der Waals surface area contributed by atoms with Crippen molar-refractivity contribution in [2.24, 2.45) is 0 Å². The molecule has 1 aliphatic heterocycles. The van der Waals surface area contributed by atoms with E-state index in [0.717, 1.165) is 36.9 Å². The van der Waals surface area contributed by atoms with Gasteiger partial charge in [-0.1, -0.05) is 19.9 Å². The van der Waals surface area contributed by atoms with Crippen molar-refractivity contribution in [3.8, 4) is 0 Å². The van der Waals surface area contributed by atoms with Crippen molar-refractivity contribution in [3.05, 3.63) is 28.2 Å². The first-order valence-corrected chi connectivity index (χ1v) is 8.16. The van der Waals surface area contributed by atoms with Gasteiger partial charge in [0.1, 0.15) is 0 Å². The van der Waals surface area contributed by atoms with Crippen molar-refractivity contribution in [2.45, 2.75) is 51.8 Å². The first-order valence-electron chi connectivity index (χ1n) is 7.36. The van der Waals surface area contributed by atoms with E-state index >= 15 is 0 Å². The van der Waals surface area contributed by atoms with Gasteiger partial charge >= 0.3 is 0 Å². The Morgan fingerprint density at radius 3 is 2.55 bits per heavy atom. The molecule has 0 amide bonds. The number of rotatable bonds is 4. The minimum atomic E-state index is -0.496. The zero-order valence-corrected chi connectivity index (χ0v) is 14.2. The average molecular weight is 341 g/mol. The monoisotopic (exact) mass is 340 g/mol. The van der Waals surface area contributed by atoms with Crippen LogP contribution in [0.3, 0.4) is 0 Å². The second-order valence-electron chi connectivity index (χ2n) is 6.31. The summed E-state index contributed by atoms with van der Waals surface area (Å²) in [5, 5.41) is 13.5. The first kappa shape index (κ1) is 15.8. The minimum Gasteiger partial charge on any atom is -0.390 e. The number of halogens is 1. The zero-order valence-electron chi connectivity index (χ0n) is 12.6. The highest BCUT2D eigenvalue weighted by atomic mass is 79.9. The van der Waals surface area contributed by atoms with E-state index < -0.39 is 5.60 Å². The molecule has 1 aliphatic rings. The minimum absolute atomic E-state index is 0.496. The van der Waals surface area contributed by atoms with E-state index in [4.69, 9.17) is 0 Å². The van der Waals surface area contributed by atoms with Crippen LogP contribution in [0, 0.1) is 0 Å². The molecule has 2 N–H and O–H groups in total. The Labute approximate surface area is 130 Å². The number of nitrogens with one attached hydrogen (secondary N) is 1. The van der Waals surface area contributed by atoms with Gasteiger partial charge in [-0.05, 0) is 53.4 Å². The third-order valence-corrected chi connectivity index (χ3v) is 4.54. The normalized spacial score (nSPS) is 18.6. The highest BCUT2D eigenvalue weighted by molar-refractivity contribution is 9.10. The Morgan fingerprint density at radius 2 is 2.00 bits per heavy atom. The van der Waals surface area contributed by atoms with Crippen LogP contribution in [0.15, 0.2) is 22.7 Å². The number of nitrogens with zero attached hydrogens (tertiary/aromatic N) is 1. The molecule has 112 valence electrons. The predicted octanol–water partition coefficient (Wildman–Crippen LogP) is 3.30. The summed E-state index contributed by atoms with van der Waals surface area (Å²) in [4.78, 5) is 2.35. The topological polar surface area (TPSA) is 35.5 Å². The van der Waals surface area contributed by atoms with Gasteiger partial charge in [0.05, 0.1) is 11.3 Å². The molecular weight excluding hydrogens is 316 g/mol. The van der Waals surface area contributed by atoms with E-state index in [2.05, 4.69) is 58.2 Å². The van der Waals surface area contributed by atoms with Crippen molar-refractivity contribution < 1.29 is 5.11 Å².